The van der Waals surface area contributed by atoms with E-state index in [4.69, 9.17) is 4.74 Å². The Labute approximate surface area is 116 Å². The fraction of sp³-hybridized carbons (Fsp3) is 0.312. The average molecular weight is 275 g/mol. The van der Waals surface area contributed by atoms with E-state index in [0.29, 0.717) is 29.7 Å². The van der Waals surface area contributed by atoms with E-state index in [0.717, 1.165) is 11.6 Å². The normalized spacial score (nSPS) is 14.3. The summed E-state index contributed by atoms with van der Waals surface area (Å²) in [5.74, 6) is -0.0877. The Kier molecular flexibility index (Phi) is 3.38. The number of hydrogen-bond acceptors (Lipinski definition) is 2. The monoisotopic (exact) mass is 275 g/mol. The lowest BCUT2D eigenvalue weighted by Gasteiger charge is -2.10. The Bertz CT molecular complexity index is 638. The first-order valence-corrected chi connectivity index (χ1v) is 6.69. The van der Waals surface area contributed by atoms with Crippen LogP contribution in [0.15, 0.2) is 30.3 Å². The van der Waals surface area contributed by atoms with E-state index in [1.165, 1.54) is 25.0 Å². The first-order chi connectivity index (χ1) is 9.63. The molecule has 3 rings (SSSR count). The zero-order valence-electron chi connectivity index (χ0n) is 11.2. The zero-order valence-corrected chi connectivity index (χ0v) is 11.2. The minimum absolute atomic E-state index is 0.292. The first-order valence-electron chi connectivity index (χ1n) is 6.69. The maximum Gasteiger partial charge on any atom is 0.213 e. The number of hydrogen-bond donors (Lipinski definition) is 0. The van der Waals surface area contributed by atoms with Crippen molar-refractivity contribution < 1.29 is 13.5 Å². The van der Waals surface area contributed by atoms with Crippen LogP contribution in [-0.2, 0) is 0 Å². The van der Waals surface area contributed by atoms with E-state index >= 15 is 0 Å². The third-order valence-electron chi connectivity index (χ3n) is 3.42. The van der Waals surface area contributed by atoms with Gasteiger partial charge < -0.3 is 4.74 Å². The second-order valence-electron chi connectivity index (χ2n) is 5.19. The number of aromatic nitrogens is 1. The van der Waals surface area contributed by atoms with E-state index in [9.17, 15) is 8.78 Å². The Morgan fingerprint density at radius 3 is 2.70 bits per heavy atom. The van der Waals surface area contributed by atoms with Crippen LogP contribution in [0.4, 0.5) is 8.78 Å². The van der Waals surface area contributed by atoms with Crippen molar-refractivity contribution >= 4 is 0 Å². The minimum atomic E-state index is -0.611. The van der Waals surface area contributed by atoms with Gasteiger partial charge in [0.25, 0.3) is 0 Å². The fourth-order valence-electron chi connectivity index (χ4n) is 2.03. The number of aryl methyl sites for hydroxylation is 1. The van der Waals surface area contributed by atoms with Gasteiger partial charge in [-0.1, -0.05) is 6.07 Å². The summed E-state index contributed by atoms with van der Waals surface area (Å²) in [4.78, 5) is 4.35. The van der Waals surface area contributed by atoms with Crippen molar-refractivity contribution in [2.75, 3.05) is 6.61 Å². The van der Waals surface area contributed by atoms with Crippen molar-refractivity contribution in [2.45, 2.75) is 19.8 Å². The van der Waals surface area contributed by atoms with Crippen LogP contribution in [0, 0.1) is 24.5 Å². The molecule has 0 atom stereocenters. The average Bonchev–Trinajstić information content (AvgIpc) is 3.22. The molecule has 4 heteroatoms. The third-order valence-corrected chi connectivity index (χ3v) is 3.42. The van der Waals surface area contributed by atoms with Gasteiger partial charge in [0.1, 0.15) is 11.6 Å². The van der Waals surface area contributed by atoms with Crippen LogP contribution in [0.3, 0.4) is 0 Å². The molecule has 20 heavy (non-hydrogen) atoms. The molecule has 0 radical (unpaired) electrons. The highest BCUT2D eigenvalue weighted by Crippen LogP contribution is 2.30. The Balaban J connectivity index is 1.92. The van der Waals surface area contributed by atoms with Gasteiger partial charge in [0, 0.05) is 17.7 Å². The Hall–Kier alpha value is -1.97. The van der Waals surface area contributed by atoms with Crippen LogP contribution in [-0.4, -0.2) is 11.6 Å². The molecule has 1 saturated carbocycles. The number of nitrogens with zero attached hydrogens (tertiary/aromatic N) is 1. The first kappa shape index (κ1) is 13.0. The Morgan fingerprint density at radius 2 is 2.00 bits per heavy atom. The lowest BCUT2D eigenvalue weighted by atomic mass is 10.1. The quantitative estimate of drug-likeness (QED) is 0.837. The zero-order chi connectivity index (χ0) is 14.1. The molecule has 1 heterocycles. The van der Waals surface area contributed by atoms with E-state index in [2.05, 4.69) is 4.98 Å². The number of benzene rings is 1. The molecule has 104 valence electrons. The summed E-state index contributed by atoms with van der Waals surface area (Å²) >= 11 is 0. The maximum absolute atomic E-state index is 13.9. The van der Waals surface area contributed by atoms with Crippen LogP contribution in [0.5, 0.6) is 5.88 Å². The van der Waals surface area contributed by atoms with E-state index in [1.54, 1.807) is 6.07 Å². The van der Waals surface area contributed by atoms with Gasteiger partial charge in [-0.05, 0) is 43.4 Å². The third kappa shape index (κ3) is 2.79. The molecule has 0 bridgehead atoms. The van der Waals surface area contributed by atoms with Gasteiger partial charge >= 0.3 is 0 Å². The van der Waals surface area contributed by atoms with Crippen LogP contribution >= 0.6 is 0 Å². The van der Waals surface area contributed by atoms with Crippen molar-refractivity contribution in [2.24, 2.45) is 5.92 Å². The number of ether oxygens (including phenoxy) is 1. The molecule has 0 saturated heterocycles. The van der Waals surface area contributed by atoms with Gasteiger partial charge in [0.05, 0.1) is 12.3 Å². The largest absolute Gasteiger partial charge is 0.477 e. The smallest absolute Gasteiger partial charge is 0.213 e. The SMILES string of the molecule is Cc1ccc(OCC2CC2)nc1-c1ccc(F)cc1F. The highest BCUT2D eigenvalue weighted by molar-refractivity contribution is 5.64. The maximum atomic E-state index is 13.9. The molecule has 0 unspecified atom stereocenters. The summed E-state index contributed by atoms with van der Waals surface area (Å²) in [7, 11) is 0. The lowest BCUT2D eigenvalue weighted by Crippen LogP contribution is -2.02. The van der Waals surface area contributed by atoms with Crippen molar-refractivity contribution in [1.82, 2.24) is 4.98 Å². The van der Waals surface area contributed by atoms with E-state index < -0.39 is 11.6 Å². The molecular formula is C16H15F2NO. The molecule has 1 aliphatic carbocycles. The molecular weight excluding hydrogens is 260 g/mol. The summed E-state index contributed by atoms with van der Waals surface area (Å²) in [5, 5.41) is 0. The summed E-state index contributed by atoms with van der Waals surface area (Å²) < 4.78 is 32.4. The van der Waals surface area contributed by atoms with Crippen molar-refractivity contribution in [3.05, 3.63) is 47.5 Å². The van der Waals surface area contributed by atoms with E-state index in [1.807, 2.05) is 13.0 Å². The Morgan fingerprint density at radius 1 is 1.20 bits per heavy atom. The molecule has 1 aromatic heterocycles. The summed E-state index contributed by atoms with van der Waals surface area (Å²) in [6.07, 6.45) is 2.40. The van der Waals surface area contributed by atoms with Gasteiger partial charge in [-0.3, -0.25) is 0 Å². The highest BCUT2D eigenvalue weighted by Gasteiger charge is 2.22. The lowest BCUT2D eigenvalue weighted by molar-refractivity contribution is 0.289. The second-order valence-corrected chi connectivity index (χ2v) is 5.19. The van der Waals surface area contributed by atoms with Gasteiger partial charge in [-0.25, -0.2) is 13.8 Å². The van der Waals surface area contributed by atoms with Crippen molar-refractivity contribution in [3.8, 4) is 17.1 Å². The van der Waals surface area contributed by atoms with Crippen LogP contribution < -0.4 is 4.74 Å². The standard InChI is InChI=1S/C16H15F2NO/c1-10-2-7-15(20-9-11-3-4-11)19-16(10)13-6-5-12(17)8-14(13)18/h2,5-8,11H,3-4,9H2,1H3. The van der Waals surface area contributed by atoms with Crippen LogP contribution in [0.1, 0.15) is 18.4 Å². The predicted octanol–water partition coefficient (Wildman–Crippen LogP) is 4.12. The topological polar surface area (TPSA) is 22.1 Å². The van der Waals surface area contributed by atoms with Crippen LogP contribution in [0.25, 0.3) is 11.3 Å². The van der Waals surface area contributed by atoms with Crippen LogP contribution in [0.2, 0.25) is 0 Å². The number of rotatable bonds is 4. The van der Waals surface area contributed by atoms with Gasteiger partial charge in [-0.15, -0.1) is 0 Å². The summed E-state index contributed by atoms with van der Waals surface area (Å²) in [6, 6.07) is 7.13. The molecule has 2 nitrogen and oxygen atoms in total. The second kappa shape index (κ2) is 5.19. The molecule has 1 aromatic carbocycles. The highest BCUT2D eigenvalue weighted by atomic mass is 19.1. The predicted molar refractivity (Wildman–Crippen MR) is 72.5 cm³/mol. The van der Waals surface area contributed by atoms with Gasteiger partial charge in [0.2, 0.25) is 5.88 Å². The minimum Gasteiger partial charge on any atom is -0.477 e. The van der Waals surface area contributed by atoms with Crippen molar-refractivity contribution in [3.63, 3.8) is 0 Å². The number of pyridine rings is 1. The van der Waals surface area contributed by atoms with Gasteiger partial charge in [-0.2, -0.15) is 0 Å². The molecule has 0 aliphatic heterocycles. The molecule has 1 aliphatic rings. The summed E-state index contributed by atoms with van der Waals surface area (Å²) in [5.41, 5.74) is 1.62. The number of halogens is 2. The van der Waals surface area contributed by atoms with Crippen molar-refractivity contribution in [1.29, 1.82) is 0 Å². The van der Waals surface area contributed by atoms with E-state index in [-0.39, 0.29) is 0 Å². The molecule has 0 amide bonds. The fourth-order valence-corrected chi connectivity index (χ4v) is 2.03. The summed E-state index contributed by atoms with van der Waals surface area (Å²) in [6.45, 7) is 2.50. The molecule has 1 fully saturated rings. The molecule has 2 aromatic rings. The molecule has 0 spiro atoms. The van der Waals surface area contributed by atoms with Gasteiger partial charge in [0.15, 0.2) is 0 Å². The molecule has 0 N–H and O–H groups in total.